The number of benzene rings is 1. The van der Waals surface area contributed by atoms with Crippen LogP contribution in [0.15, 0.2) is 24.3 Å². The highest BCUT2D eigenvalue weighted by molar-refractivity contribution is 5.95. The number of terminal acetylenes is 1. The highest BCUT2D eigenvalue weighted by Crippen LogP contribution is 2.06. The summed E-state index contributed by atoms with van der Waals surface area (Å²) in [5.41, 5.74) is 1.54. The fourth-order valence-corrected chi connectivity index (χ4v) is 1.45. The van der Waals surface area contributed by atoms with Gasteiger partial charge in [-0.1, -0.05) is 24.1 Å². The third-order valence-electron chi connectivity index (χ3n) is 2.41. The zero-order valence-corrected chi connectivity index (χ0v) is 10.3. The van der Waals surface area contributed by atoms with Gasteiger partial charge in [0, 0.05) is 18.5 Å². The number of nitrogens with one attached hydrogen (secondary N) is 2. The molecular weight excluding hydrogens is 228 g/mol. The normalized spacial score (nSPS) is 9.33. The average molecular weight is 244 g/mol. The van der Waals surface area contributed by atoms with E-state index in [-0.39, 0.29) is 24.8 Å². The van der Waals surface area contributed by atoms with E-state index in [0.29, 0.717) is 12.1 Å². The topological polar surface area (TPSA) is 58.2 Å². The second kappa shape index (κ2) is 7.13. The molecule has 0 radical (unpaired) electrons. The molecule has 2 N–H and O–H groups in total. The molecule has 0 saturated carbocycles. The molecule has 0 aliphatic rings. The van der Waals surface area contributed by atoms with Crippen LogP contribution in [0.5, 0.6) is 0 Å². The molecule has 0 fully saturated rings. The highest BCUT2D eigenvalue weighted by atomic mass is 16.2. The summed E-state index contributed by atoms with van der Waals surface area (Å²) in [5, 5.41) is 5.23. The summed E-state index contributed by atoms with van der Waals surface area (Å²) < 4.78 is 0. The van der Waals surface area contributed by atoms with Gasteiger partial charge in [-0.25, -0.2) is 0 Å². The Kier molecular flexibility index (Phi) is 5.46. The van der Waals surface area contributed by atoms with Crippen LogP contribution in [0.25, 0.3) is 0 Å². The molecule has 1 aromatic rings. The summed E-state index contributed by atoms with van der Waals surface area (Å²) in [4.78, 5) is 23.0. The van der Waals surface area contributed by atoms with Crippen LogP contribution >= 0.6 is 0 Å². The molecule has 0 unspecified atom stereocenters. The molecule has 0 aliphatic carbocycles. The van der Waals surface area contributed by atoms with Crippen molar-refractivity contribution in [3.8, 4) is 12.3 Å². The first-order valence-electron chi connectivity index (χ1n) is 5.69. The van der Waals surface area contributed by atoms with Crippen molar-refractivity contribution >= 4 is 11.8 Å². The van der Waals surface area contributed by atoms with Gasteiger partial charge >= 0.3 is 0 Å². The molecule has 2 amide bonds. The van der Waals surface area contributed by atoms with Crippen molar-refractivity contribution in [3.63, 3.8) is 0 Å². The van der Waals surface area contributed by atoms with Crippen LogP contribution in [0.3, 0.4) is 0 Å². The summed E-state index contributed by atoms with van der Waals surface area (Å²) >= 11 is 0. The lowest BCUT2D eigenvalue weighted by atomic mass is 10.1. The second-order valence-corrected chi connectivity index (χ2v) is 3.80. The van der Waals surface area contributed by atoms with Crippen molar-refractivity contribution in [3.05, 3.63) is 35.4 Å². The number of hydrogen-bond donors (Lipinski definition) is 2. The van der Waals surface area contributed by atoms with Crippen molar-refractivity contribution in [2.75, 3.05) is 13.1 Å². The number of hydrogen-bond acceptors (Lipinski definition) is 2. The molecule has 0 spiro atoms. The lowest BCUT2D eigenvalue weighted by molar-refractivity contribution is -0.120. The van der Waals surface area contributed by atoms with Gasteiger partial charge in [-0.3, -0.25) is 9.59 Å². The van der Waals surface area contributed by atoms with E-state index < -0.39 is 0 Å². The van der Waals surface area contributed by atoms with E-state index in [1.165, 1.54) is 0 Å². The van der Waals surface area contributed by atoms with Crippen molar-refractivity contribution in [2.45, 2.75) is 13.3 Å². The fraction of sp³-hybridized carbons (Fsp3) is 0.286. The monoisotopic (exact) mass is 244 g/mol. The van der Waals surface area contributed by atoms with E-state index in [1.54, 1.807) is 6.07 Å². The number of aryl methyl sites for hydroxylation is 1. The van der Waals surface area contributed by atoms with Gasteiger partial charge in [-0.2, -0.15) is 0 Å². The molecule has 1 aromatic carbocycles. The van der Waals surface area contributed by atoms with E-state index in [9.17, 15) is 9.59 Å². The van der Waals surface area contributed by atoms with Crippen LogP contribution in [-0.2, 0) is 4.79 Å². The Morgan fingerprint density at radius 3 is 2.67 bits per heavy atom. The molecule has 94 valence electrons. The fourth-order valence-electron chi connectivity index (χ4n) is 1.45. The Balaban J connectivity index is 2.37. The minimum absolute atomic E-state index is 0.168. The minimum atomic E-state index is -0.169. The molecule has 0 heterocycles. The third kappa shape index (κ3) is 4.30. The Labute approximate surface area is 107 Å². The van der Waals surface area contributed by atoms with E-state index in [2.05, 4.69) is 16.6 Å². The first-order valence-corrected chi connectivity index (χ1v) is 5.69. The first-order chi connectivity index (χ1) is 8.65. The summed E-state index contributed by atoms with van der Waals surface area (Å²) in [7, 11) is 0. The van der Waals surface area contributed by atoms with Crippen molar-refractivity contribution < 1.29 is 9.59 Å². The number of carbonyl (C=O) groups is 2. The van der Waals surface area contributed by atoms with Crippen LogP contribution in [-0.4, -0.2) is 24.9 Å². The van der Waals surface area contributed by atoms with Crippen LogP contribution in [0, 0.1) is 19.3 Å². The van der Waals surface area contributed by atoms with E-state index in [1.807, 2.05) is 25.1 Å². The number of rotatable bonds is 5. The summed E-state index contributed by atoms with van der Waals surface area (Å²) in [6.07, 6.45) is 5.23. The SMILES string of the molecule is C#CCNC(=O)CCNC(=O)c1ccccc1C. The van der Waals surface area contributed by atoms with Gasteiger partial charge in [0.25, 0.3) is 5.91 Å². The molecule has 0 atom stereocenters. The van der Waals surface area contributed by atoms with Crippen LogP contribution in [0.4, 0.5) is 0 Å². The second-order valence-electron chi connectivity index (χ2n) is 3.80. The number of carbonyl (C=O) groups excluding carboxylic acids is 2. The molecule has 4 nitrogen and oxygen atoms in total. The Bertz CT molecular complexity index is 475. The van der Waals surface area contributed by atoms with Gasteiger partial charge in [0.15, 0.2) is 0 Å². The van der Waals surface area contributed by atoms with E-state index in [4.69, 9.17) is 6.42 Å². The maximum atomic E-state index is 11.8. The Morgan fingerprint density at radius 1 is 1.28 bits per heavy atom. The van der Waals surface area contributed by atoms with Gasteiger partial charge in [-0.15, -0.1) is 6.42 Å². The molecule has 18 heavy (non-hydrogen) atoms. The lowest BCUT2D eigenvalue weighted by Crippen LogP contribution is -2.31. The third-order valence-corrected chi connectivity index (χ3v) is 2.41. The predicted molar refractivity (Wildman–Crippen MR) is 70.0 cm³/mol. The van der Waals surface area contributed by atoms with Crippen LogP contribution in [0.1, 0.15) is 22.3 Å². The standard InChI is InChI=1S/C14H16N2O2/c1-3-9-15-13(17)8-10-16-14(18)12-7-5-4-6-11(12)2/h1,4-7H,8-10H2,2H3,(H,15,17)(H,16,18). The molecule has 4 heteroatoms. The summed E-state index contributed by atoms with van der Waals surface area (Å²) in [6, 6.07) is 7.30. The summed E-state index contributed by atoms with van der Waals surface area (Å²) in [6.45, 7) is 2.38. The smallest absolute Gasteiger partial charge is 0.251 e. The molecule has 0 saturated heterocycles. The zero-order valence-electron chi connectivity index (χ0n) is 10.3. The largest absolute Gasteiger partial charge is 0.352 e. The quantitative estimate of drug-likeness (QED) is 0.755. The minimum Gasteiger partial charge on any atom is -0.352 e. The molecule has 0 bridgehead atoms. The Hall–Kier alpha value is -2.28. The van der Waals surface area contributed by atoms with Gasteiger partial charge in [0.05, 0.1) is 6.54 Å². The van der Waals surface area contributed by atoms with Gasteiger partial charge in [0.2, 0.25) is 5.91 Å². The predicted octanol–water partition coefficient (Wildman–Crippen LogP) is 0.864. The van der Waals surface area contributed by atoms with E-state index >= 15 is 0 Å². The Morgan fingerprint density at radius 2 is 2.00 bits per heavy atom. The van der Waals surface area contributed by atoms with Crippen molar-refractivity contribution in [1.29, 1.82) is 0 Å². The van der Waals surface area contributed by atoms with Crippen molar-refractivity contribution in [1.82, 2.24) is 10.6 Å². The highest BCUT2D eigenvalue weighted by Gasteiger charge is 2.08. The maximum absolute atomic E-state index is 11.8. The molecule has 1 rings (SSSR count). The van der Waals surface area contributed by atoms with Gasteiger partial charge in [-0.05, 0) is 18.6 Å². The first kappa shape index (κ1) is 13.8. The van der Waals surface area contributed by atoms with E-state index in [0.717, 1.165) is 5.56 Å². The van der Waals surface area contributed by atoms with Crippen LogP contribution < -0.4 is 10.6 Å². The van der Waals surface area contributed by atoms with Gasteiger partial charge in [0.1, 0.15) is 0 Å². The van der Waals surface area contributed by atoms with Crippen molar-refractivity contribution in [2.24, 2.45) is 0 Å². The lowest BCUT2D eigenvalue weighted by Gasteiger charge is -2.07. The zero-order chi connectivity index (χ0) is 13.4. The molecule has 0 aliphatic heterocycles. The van der Waals surface area contributed by atoms with Crippen LogP contribution in [0.2, 0.25) is 0 Å². The molecule has 0 aromatic heterocycles. The van der Waals surface area contributed by atoms with Gasteiger partial charge < -0.3 is 10.6 Å². The maximum Gasteiger partial charge on any atom is 0.251 e. The molecular formula is C14H16N2O2. The summed E-state index contributed by atoms with van der Waals surface area (Å²) in [5.74, 6) is 1.97. The number of amides is 2. The average Bonchev–Trinajstić information content (AvgIpc) is 2.36.